The molecule has 0 rings (SSSR count). The van der Waals surface area contributed by atoms with E-state index in [4.69, 9.17) is 15.3 Å². The van der Waals surface area contributed by atoms with Crippen molar-refractivity contribution in [1.29, 1.82) is 0 Å². The van der Waals surface area contributed by atoms with Crippen LogP contribution >= 0.6 is 0 Å². The van der Waals surface area contributed by atoms with Crippen LogP contribution in [-0.4, -0.2) is 60.2 Å². The van der Waals surface area contributed by atoms with Gasteiger partial charge in [-0.15, -0.1) is 0 Å². The van der Waals surface area contributed by atoms with Crippen LogP contribution in [0.15, 0.2) is 0 Å². The maximum Gasteiger partial charge on any atom is 3.00 e. The Labute approximate surface area is 74.8 Å². The second-order valence-corrected chi connectivity index (χ2v) is 0.224. The molecule has 0 amide bonds. The summed E-state index contributed by atoms with van der Waals surface area (Å²) in [6.07, 6.45) is 0. The summed E-state index contributed by atoms with van der Waals surface area (Å²) >= 11 is 0. The molecule has 0 aromatic carbocycles. The minimum absolute atomic E-state index is 0. The van der Waals surface area contributed by atoms with Crippen molar-refractivity contribution in [3.05, 3.63) is 15.3 Å². The first-order valence-electron chi connectivity index (χ1n) is 0.548. The Bertz CT molecular complexity index is 33.8. The summed E-state index contributed by atoms with van der Waals surface area (Å²) in [6.45, 7) is 0. The minimum atomic E-state index is -1.75. The van der Waals surface area contributed by atoms with Crippen LogP contribution in [0.25, 0.3) is 0 Å². The standard InChI is InChI=1S/Al.Ca.NO3/c;;2-1(3)4/q+3;+2;-1. The third-order valence-electron chi connectivity index (χ3n) is 0. The van der Waals surface area contributed by atoms with Gasteiger partial charge in [0.1, 0.15) is 0 Å². The van der Waals surface area contributed by atoms with Crippen molar-refractivity contribution in [2.45, 2.75) is 0 Å². The van der Waals surface area contributed by atoms with Crippen LogP contribution in [0.4, 0.5) is 0 Å². The zero-order chi connectivity index (χ0) is 3.58. The molecule has 6 heavy (non-hydrogen) atoms. The Balaban J connectivity index is -0.0000000450. The monoisotopic (exact) mass is 129 g/mol. The molecule has 0 aliphatic carbocycles. The molecule has 0 fully saturated rings. The average molecular weight is 129 g/mol. The molecule has 0 aliphatic heterocycles. The van der Waals surface area contributed by atoms with Gasteiger partial charge in [-0.25, -0.2) is 0 Å². The number of nitrogens with zero attached hydrogens (tertiary/aromatic N) is 1. The molecule has 0 saturated heterocycles. The average Bonchev–Trinajstić information content (AvgIpc) is 0.811. The van der Waals surface area contributed by atoms with Crippen molar-refractivity contribution >= 4 is 55.1 Å². The van der Waals surface area contributed by atoms with Crippen LogP contribution < -0.4 is 0 Å². The van der Waals surface area contributed by atoms with Crippen LogP contribution in [0, 0.1) is 15.3 Å². The van der Waals surface area contributed by atoms with Crippen molar-refractivity contribution in [1.82, 2.24) is 0 Å². The Hall–Kier alpha value is 0.992. The maximum absolute atomic E-state index is 8.25. The summed E-state index contributed by atoms with van der Waals surface area (Å²) < 4.78 is 0. The normalized spacial score (nSPS) is 4.00. The molecule has 0 bridgehead atoms. The van der Waals surface area contributed by atoms with E-state index in [1.165, 1.54) is 0 Å². The van der Waals surface area contributed by atoms with E-state index in [1.54, 1.807) is 0 Å². The molecule has 24 valence electrons. The van der Waals surface area contributed by atoms with Crippen LogP contribution in [0.1, 0.15) is 0 Å². The molecule has 0 unspecified atom stereocenters. The van der Waals surface area contributed by atoms with E-state index in [0.29, 0.717) is 0 Å². The summed E-state index contributed by atoms with van der Waals surface area (Å²) in [4.78, 5) is 8.25. The Morgan fingerprint density at radius 1 is 1.33 bits per heavy atom. The first kappa shape index (κ1) is 15.8. The van der Waals surface area contributed by atoms with Crippen LogP contribution in [0.5, 0.6) is 0 Å². The smallest absolute Gasteiger partial charge is 0.356 e. The summed E-state index contributed by atoms with van der Waals surface area (Å²) in [7, 11) is 0. The van der Waals surface area contributed by atoms with Gasteiger partial charge in [-0.1, -0.05) is 0 Å². The number of hydrogen-bond acceptors (Lipinski definition) is 3. The van der Waals surface area contributed by atoms with Crippen LogP contribution in [0.3, 0.4) is 0 Å². The molecule has 0 spiro atoms. The maximum atomic E-state index is 8.25. The Morgan fingerprint density at radius 3 is 1.33 bits per heavy atom. The predicted molar refractivity (Wildman–Crippen MR) is 21.9 cm³/mol. The van der Waals surface area contributed by atoms with Gasteiger partial charge >= 0.3 is 55.1 Å². The van der Waals surface area contributed by atoms with Gasteiger partial charge < -0.3 is 15.3 Å². The Morgan fingerprint density at radius 2 is 1.33 bits per heavy atom. The van der Waals surface area contributed by atoms with E-state index in [0.717, 1.165) is 0 Å². The molecule has 0 aromatic rings. The number of rotatable bonds is 0. The fraction of sp³-hybridized carbons (Fsp3) is 0. The summed E-state index contributed by atoms with van der Waals surface area (Å²) in [5, 5.41) is 14.8. The molecule has 0 atom stereocenters. The largest absolute Gasteiger partial charge is 3.00 e. The zero-order valence-electron chi connectivity index (χ0n) is 2.96. The predicted octanol–water partition coefficient (Wildman–Crippen LogP) is -1.00. The summed E-state index contributed by atoms with van der Waals surface area (Å²) in [5.41, 5.74) is 0. The summed E-state index contributed by atoms with van der Waals surface area (Å²) in [6, 6.07) is 0. The van der Waals surface area contributed by atoms with Crippen LogP contribution in [0.2, 0.25) is 0 Å². The molecule has 0 radical (unpaired) electrons. The molecule has 0 aliphatic rings. The third kappa shape index (κ3) is 80.8. The van der Waals surface area contributed by atoms with Gasteiger partial charge in [-0.3, -0.25) is 0 Å². The SMILES string of the molecule is O=[N+]([O-])[O-].[Al+3].[Ca+2]. The van der Waals surface area contributed by atoms with Gasteiger partial charge in [0.15, 0.2) is 0 Å². The van der Waals surface area contributed by atoms with E-state index in [1.807, 2.05) is 0 Å². The van der Waals surface area contributed by atoms with E-state index in [2.05, 4.69) is 0 Å². The minimum Gasteiger partial charge on any atom is -0.356 e. The van der Waals surface area contributed by atoms with E-state index < -0.39 is 5.09 Å². The van der Waals surface area contributed by atoms with E-state index in [-0.39, 0.29) is 55.1 Å². The van der Waals surface area contributed by atoms with Gasteiger partial charge in [0.2, 0.25) is 0 Å². The van der Waals surface area contributed by atoms with Crippen molar-refractivity contribution in [3.63, 3.8) is 0 Å². The molecule has 0 aromatic heterocycles. The van der Waals surface area contributed by atoms with Crippen molar-refractivity contribution in [3.8, 4) is 0 Å². The van der Waals surface area contributed by atoms with Crippen molar-refractivity contribution < 1.29 is 5.09 Å². The number of hydrogen-bond donors (Lipinski definition) is 0. The van der Waals surface area contributed by atoms with E-state index >= 15 is 0 Å². The van der Waals surface area contributed by atoms with Crippen LogP contribution in [-0.2, 0) is 0 Å². The van der Waals surface area contributed by atoms with Gasteiger partial charge in [-0.2, -0.15) is 0 Å². The van der Waals surface area contributed by atoms with Gasteiger partial charge in [-0.05, 0) is 0 Å². The molecule has 0 N–H and O–H groups in total. The third-order valence-corrected chi connectivity index (χ3v) is 0. The topological polar surface area (TPSA) is 66.2 Å². The van der Waals surface area contributed by atoms with Gasteiger partial charge in [0.05, 0.1) is 5.09 Å². The van der Waals surface area contributed by atoms with Gasteiger partial charge in [0, 0.05) is 0 Å². The van der Waals surface area contributed by atoms with E-state index in [9.17, 15) is 0 Å². The first-order chi connectivity index (χ1) is 1.73. The molecule has 0 saturated carbocycles. The molecule has 0 heterocycles. The molecular weight excluding hydrogens is 129 g/mol. The second-order valence-electron chi connectivity index (χ2n) is 0.224. The first-order valence-corrected chi connectivity index (χ1v) is 0.548. The fourth-order valence-corrected chi connectivity index (χ4v) is 0. The summed E-state index contributed by atoms with van der Waals surface area (Å²) in [5.74, 6) is 0. The quantitative estimate of drug-likeness (QED) is 0.239. The zero-order valence-corrected chi connectivity index (χ0v) is 6.32. The molecule has 4 nitrogen and oxygen atoms in total. The van der Waals surface area contributed by atoms with Crippen molar-refractivity contribution in [2.24, 2.45) is 0 Å². The second kappa shape index (κ2) is 9.37. The van der Waals surface area contributed by atoms with Crippen molar-refractivity contribution in [2.75, 3.05) is 0 Å². The van der Waals surface area contributed by atoms with Gasteiger partial charge in [0.25, 0.3) is 0 Å². The fourth-order valence-electron chi connectivity index (χ4n) is 0. The Kier molecular flexibility index (Phi) is 24.6. The molecule has 6 heteroatoms. The molecular formula is AlCaNO3+4.